The van der Waals surface area contributed by atoms with E-state index in [1.165, 1.54) is 11.3 Å². The minimum absolute atomic E-state index is 0.0866. The standard InChI is InChI=1S/C9H12N2O3S/c1-2-14-11-8(12)6-10-9(13)7-4-3-5-15-7/h3-5H,2,6H2,1H3,(H,10,13)(H,11,12). The average Bonchev–Trinajstić information content (AvgIpc) is 2.76. The van der Waals surface area contributed by atoms with Crippen molar-refractivity contribution in [3.05, 3.63) is 22.4 Å². The maximum absolute atomic E-state index is 11.4. The number of hydroxylamine groups is 1. The van der Waals surface area contributed by atoms with Gasteiger partial charge in [0.2, 0.25) is 0 Å². The van der Waals surface area contributed by atoms with Crippen molar-refractivity contribution >= 4 is 23.2 Å². The monoisotopic (exact) mass is 228 g/mol. The number of rotatable bonds is 5. The molecule has 0 unspecified atom stereocenters. The summed E-state index contributed by atoms with van der Waals surface area (Å²) < 4.78 is 0. The molecule has 0 bridgehead atoms. The third-order valence-corrected chi connectivity index (χ3v) is 2.35. The van der Waals surface area contributed by atoms with Crippen LogP contribution in [0, 0.1) is 0 Å². The second kappa shape index (κ2) is 6.15. The highest BCUT2D eigenvalue weighted by molar-refractivity contribution is 7.12. The van der Waals surface area contributed by atoms with Crippen molar-refractivity contribution in [2.75, 3.05) is 13.2 Å². The predicted molar refractivity (Wildman–Crippen MR) is 56.4 cm³/mol. The van der Waals surface area contributed by atoms with E-state index in [4.69, 9.17) is 0 Å². The van der Waals surface area contributed by atoms with Crippen LogP contribution in [-0.4, -0.2) is 25.0 Å². The fourth-order valence-corrected chi connectivity index (χ4v) is 1.48. The van der Waals surface area contributed by atoms with Gasteiger partial charge in [0.25, 0.3) is 11.8 Å². The van der Waals surface area contributed by atoms with Crippen LogP contribution < -0.4 is 10.8 Å². The zero-order valence-electron chi connectivity index (χ0n) is 8.28. The molecule has 0 radical (unpaired) electrons. The molecule has 1 heterocycles. The Morgan fingerprint density at radius 1 is 1.53 bits per heavy atom. The summed E-state index contributed by atoms with van der Waals surface area (Å²) in [4.78, 5) is 27.6. The molecular formula is C9H12N2O3S. The van der Waals surface area contributed by atoms with Gasteiger partial charge in [-0.2, -0.15) is 0 Å². The molecule has 1 aromatic rings. The normalized spacial score (nSPS) is 9.67. The molecule has 15 heavy (non-hydrogen) atoms. The van der Waals surface area contributed by atoms with E-state index >= 15 is 0 Å². The smallest absolute Gasteiger partial charge is 0.262 e. The Bertz CT molecular complexity index is 324. The van der Waals surface area contributed by atoms with Crippen LogP contribution in [0.2, 0.25) is 0 Å². The van der Waals surface area contributed by atoms with E-state index in [-0.39, 0.29) is 18.4 Å². The van der Waals surface area contributed by atoms with Gasteiger partial charge < -0.3 is 5.32 Å². The summed E-state index contributed by atoms with van der Waals surface area (Å²) in [7, 11) is 0. The van der Waals surface area contributed by atoms with Gasteiger partial charge >= 0.3 is 0 Å². The van der Waals surface area contributed by atoms with Crippen LogP contribution in [0.25, 0.3) is 0 Å². The highest BCUT2D eigenvalue weighted by Gasteiger charge is 2.07. The molecule has 0 aliphatic rings. The van der Waals surface area contributed by atoms with Gasteiger partial charge in [0.1, 0.15) is 0 Å². The fraction of sp³-hybridized carbons (Fsp3) is 0.333. The van der Waals surface area contributed by atoms with Crippen LogP contribution >= 0.6 is 11.3 Å². The largest absolute Gasteiger partial charge is 0.342 e. The molecule has 1 aromatic heterocycles. The summed E-state index contributed by atoms with van der Waals surface area (Å²) >= 11 is 1.33. The first kappa shape index (κ1) is 11.7. The van der Waals surface area contributed by atoms with E-state index in [0.29, 0.717) is 11.5 Å². The van der Waals surface area contributed by atoms with E-state index in [1.54, 1.807) is 24.4 Å². The van der Waals surface area contributed by atoms with Crippen molar-refractivity contribution in [1.29, 1.82) is 0 Å². The number of nitrogens with one attached hydrogen (secondary N) is 2. The van der Waals surface area contributed by atoms with E-state index in [0.717, 1.165) is 0 Å². The van der Waals surface area contributed by atoms with Crippen LogP contribution in [0.5, 0.6) is 0 Å². The number of hydrogen-bond donors (Lipinski definition) is 2. The Morgan fingerprint density at radius 3 is 2.93 bits per heavy atom. The van der Waals surface area contributed by atoms with E-state index in [1.807, 2.05) is 0 Å². The molecule has 6 heteroatoms. The molecule has 5 nitrogen and oxygen atoms in total. The molecule has 0 spiro atoms. The highest BCUT2D eigenvalue weighted by atomic mass is 32.1. The predicted octanol–water partition coefficient (Wildman–Crippen LogP) is 0.546. The number of thiophene rings is 1. The van der Waals surface area contributed by atoms with E-state index < -0.39 is 0 Å². The van der Waals surface area contributed by atoms with Crippen molar-refractivity contribution in [3.63, 3.8) is 0 Å². The summed E-state index contributed by atoms with van der Waals surface area (Å²) in [6.45, 7) is 2.06. The van der Waals surface area contributed by atoms with Crippen molar-refractivity contribution in [1.82, 2.24) is 10.8 Å². The number of amides is 2. The summed E-state index contributed by atoms with van der Waals surface area (Å²) in [5.74, 6) is -0.626. The lowest BCUT2D eigenvalue weighted by Crippen LogP contribution is -2.36. The van der Waals surface area contributed by atoms with Crippen LogP contribution in [0.1, 0.15) is 16.6 Å². The van der Waals surface area contributed by atoms with Gasteiger partial charge in [0.05, 0.1) is 18.0 Å². The highest BCUT2D eigenvalue weighted by Crippen LogP contribution is 2.07. The van der Waals surface area contributed by atoms with Gasteiger partial charge in [-0.3, -0.25) is 14.4 Å². The molecule has 0 atom stereocenters. The first-order valence-electron chi connectivity index (χ1n) is 4.46. The lowest BCUT2D eigenvalue weighted by molar-refractivity contribution is -0.132. The maximum Gasteiger partial charge on any atom is 0.262 e. The van der Waals surface area contributed by atoms with Gasteiger partial charge in [0, 0.05) is 0 Å². The van der Waals surface area contributed by atoms with Gasteiger partial charge in [-0.1, -0.05) is 6.07 Å². The van der Waals surface area contributed by atoms with Crippen LogP contribution in [0.15, 0.2) is 17.5 Å². The maximum atomic E-state index is 11.4. The molecule has 2 N–H and O–H groups in total. The minimum atomic E-state index is -0.373. The van der Waals surface area contributed by atoms with Gasteiger partial charge in [-0.15, -0.1) is 11.3 Å². The Balaban J connectivity index is 2.25. The van der Waals surface area contributed by atoms with E-state index in [2.05, 4.69) is 15.6 Å². The first-order chi connectivity index (χ1) is 7.24. The summed E-state index contributed by atoms with van der Waals surface area (Å²) in [5, 5.41) is 4.27. The Kier molecular flexibility index (Phi) is 4.79. The minimum Gasteiger partial charge on any atom is -0.342 e. The Hall–Kier alpha value is -1.40. The Labute approximate surface area is 91.4 Å². The zero-order valence-corrected chi connectivity index (χ0v) is 9.10. The summed E-state index contributed by atoms with van der Waals surface area (Å²) in [5.41, 5.74) is 2.18. The molecule has 0 aliphatic heterocycles. The third-order valence-electron chi connectivity index (χ3n) is 1.48. The topological polar surface area (TPSA) is 67.4 Å². The third kappa shape index (κ3) is 4.09. The van der Waals surface area contributed by atoms with Crippen molar-refractivity contribution in [2.24, 2.45) is 0 Å². The van der Waals surface area contributed by atoms with Crippen LogP contribution in [0.3, 0.4) is 0 Å². The fourth-order valence-electron chi connectivity index (χ4n) is 0.844. The van der Waals surface area contributed by atoms with Gasteiger partial charge in [-0.25, -0.2) is 5.48 Å². The quantitative estimate of drug-likeness (QED) is 0.723. The van der Waals surface area contributed by atoms with Crippen LogP contribution in [-0.2, 0) is 9.63 Å². The second-order valence-corrected chi connectivity index (χ2v) is 3.57. The summed E-state index contributed by atoms with van der Waals surface area (Å²) in [6, 6.07) is 3.47. The number of carbonyl (C=O) groups is 2. The van der Waals surface area contributed by atoms with Gasteiger partial charge in [-0.05, 0) is 18.4 Å². The zero-order chi connectivity index (χ0) is 11.1. The molecule has 0 fully saturated rings. The summed E-state index contributed by atoms with van der Waals surface area (Å²) in [6.07, 6.45) is 0. The number of hydrogen-bond acceptors (Lipinski definition) is 4. The molecular weight excluding hydrogens is 216 g/mol. The molecule has 0 saturated heterocycles. The molecule has 0 aliphatic carbocycles. The lowest BCUT2D eigenvalue weighted by Gasteiger charge is -2.04. The first-order valence-corrected chi connectivity index (χ1v) is 5.34. The molecule has 82 valence electrons. The molecule has 0 aromatic carbocycles. The molecule has 0 saturated carbocycles. The molecule has 2 amide bonds. The average molecular weight is 228 g/mol. The SMILES string of the molecule is CCONC(=O)CNC(=O)c1cccs1. The van der Waals surface area contributed by atoms with Crippen molar-refractivity contribution < 1.29 is 14.4 Å². The van der Waals surface area contributed by atoms with Crippen LogP contribution in [0.4, 0.5) is 0 Å². The van der Waals surface area contributed by atoms with Gasteiger partial charge in [0.15, 0.2) is 0 Å². The van der Waals surface area contributed by atoms with Crippen molar-refractivity contribution in [2.45, 2.75) is 6.92 Å². The second-order valence-electron chi connectivity index (χ2n) is 2.62. The number of carbonyl (C=O) groups excluding carboxylic acids is 2. The Morgan fingerprint density at radius 2 is 2.33 bits per heavy atom. The van der Waals surface area contributed by atoms with E-state index in [9.17, 15) is 9.59 Å². The molecule has 1 rings (SSSR count). The van der Waals surface area contributed by atoms with Crippen molar-refractivity contribution in [3.8, 4) is 0 Å². The lowest BCUT2D eigenvalue weighted by atomic mass is 10.4.